The molecule has 1 atom stereocenters. The van der Waals surface area contributed by atoms with E-state index in [0.717, 1.165) is 16.0 Å². The molecule has 1 nitrogen and oxygen atoms in total. The fourth-order valence-electron chi connectivity index (χ4n) is 1.81. The molecule has 0 aliphatic rings. The first-order valence-corrected chi connectivity index (χ1v) is 7.05. The molecule has 94 valence electrons. The van der Waals surface area contributed by atoms with Gasteiger partial charge in [0.25, 0.3) is 0 Å². The highest BCUT2D eigenvalue weighted by Crippen LogP contribution is 2.18. The molecule has 2 aromatic carbocycles. The molecular weight excluding hydrogens is 310 g/mol. The molecule has 0 aromatic heterocycles. The summed E-state index contributed by atoms with van der Waals surface area (Å²) in [6, 6.07) is 16.6. The highest BCUT2D eigenvalue weighted by molar-refractivity contribution is 9.10. The lowest BCUT2D eigenvalue weighted by atomic mass is 10.1. The molecule has 2 aromatic rings. The van der Waals surface area contributed by atoms with Crippen LogP contribution < -0.4 is 5.32 Å². The van der Waals surface area contributed by atoms with Gasteiger partial charge in [0.1, 0.15) is 0 Å². The summed E-state index contributed by atoms with van der Waals surface area (Å²) < 4.78 is 1.11. The predicted octanol–water partition coefficient (Wildman–Crippen LogP) is 4.95. The van der Waals surface area contributed by atoms with Crippen molar-refractivity contribution in [2.75, 3.05) is 0 Å². The topological polar surface area (TPSA) is 12.0 Å². The molecule has 2 rings (SSSR count). The first kappa shape index (κ1) is 13.6. The monoisotopic (exact) mass is 323 g/mol. The molecule has 0 unspecified atom stereocenters. The zero-order chi connectivity index (χ0) is 13.0. The number of nitrogens with one attached hydrogen (secondary N) is 1. The number of hydrogen-bond donors (Lipinski definition) is 1. The third-order valence-electron chi connectivity index (χ3n) is 2.85. The Kier molecular flexibility index (Phi) is 4.81. The van der Waals surface area contributed by atoms with Crippen molar-refractivity contribution in [3.8, 4) is 0 Å². The Hall–Kier alpha value is -0.830. The van der Waals surface area contributed by atoms with Gasteiger partial charge in [-0.3, -0.25) is 0 Å². The van der Waals surface area contributed by atoms with Gasteiger partial charge < -0.3 is 5.32 Å². The van der Waals surface area contributed by atoms with Crippen molar-refractivity contribution < 1.29 is 0 Å². The van der Waals surface area contributed by atoms with Crippen molar-refractivity contribution in [2.45, 2.75) is 19.5 Å². The van der Waals surface area contributed by atoms with E-state index in [4.69, 9.17) is 11.6 Å². The van der Waals surface area contributed by atoms with E-state index in [2.05, 4.69) is 52.4 Å². The minimum atomic E-state index is 0.307. The summed E-state index contributed by atoms with van der Waals surface area (Å²) in [4.78, 5) is 0. The van der Waals surface area contributed by atoms with E-state index >= 15 is 0 Å². The Labute approximate surface area is 121 Å². The predicted molar refractivity (Wildman–Crippen MR) is 80.8 cm³/mol. The summed E-state index contributed by atoms with van der Waals surface area (Å²) >= 11 is 9.45. The van der Waals surface area contributed by atoms with Gasteiger partial charge in [-0.05, 0) is 42.3 Å². The molecule has 3 heteroatoms. The Balaban J connectivity index is 1.98. The third-order valence-corrected chi connectivity index (χ3v) is 3.58. The fourth-order valence-corrected chi connectivity index (χ4v) is 2.44. The zero-order valence-corrected chi connectivity index (χ0v) is 12.5. The van der Waals surface area contributed by atoms with Crippen LogP contribution in [0.3, 0.4) is 0 Å². The van der Waals surface area contributed by atoms with Gasteiger partial charge in [0.2, 0.25) is 0 Å². The average Bonchev–Trinajstić information content (AvgIpc) is 2.36. The van der Waals surface area contributed by atoms with Crippen LogP contribution in [0.2, 0.25) is 5.02 Å². The highest BCUT2D eigenvalue weighted by atomic mass is 79.9. The zero-order valence-electron chi connectivity index (χ0n) is 10.2. The molecule has 0 bridgehead atoms. The lowest BCUT2D eigenvalue weighted by Gasteiger charge is -2.14. The largest absolute Gasteiger partial charge is 0.306 e. The maximum atomic E-state index is 5.96. The number of hydrogen-bond acceptors (Lipinski definition) is 1. The van der Waals surface area contributed by atoms with Crippen LogP contribution in [0.1, 0.15) is 24.1 Å². The van der Waals surface area contributed by atoms with Crippen LogP contribution in [-0.4, -0.2) is 0 Å². The minimum Gasteiger partial charge on any atom is -0.306 e. The number of rotatable bonds is 4. The quantitative estimate of drug-likeness (QED) is 0.838. The molecule has 18 heavy (non-hydrogen) atoms. The first-order valence-electron chi connectivity index (χ1n) is 5.88. The maximum Gasteiger partial charge on any atom is 0.0409 e. The van der Waals surface area contributed by atoms with Gasteiger partial charge >= 0.3 is 0 Å². The van der Waals surface area contributed by atoms with E-state index in [0.29, 0.717) is 6.04 Å². The van der Waals surface area contributed by atoms with Gasteiger partial charge in [0.15, 0.2) is 0 Å². The normalized spacial score (nSPS) is 12.4. The molecule has 0 spiro atoms. The molecule has 0 aliphatic heterocycles. The van der Waals surface area contributed by atoms with Gasteiger partial charge in [-0.25, -0.2) is 0 Å². The van der Waals surface area contributed by atoms with Crippen molar-refractivity contribution in [3.63, 3.8) is 0 Å². The summed E-state index contributed by atoms with van der Waals surface area (Å²) in [6.07, 6.45) is 0. The number of halogens is 2. The maximum absolute atomic E-state index is 5.96. The molecule has 0 heterocycles. The van der Waals surface area contributed by atoms with Crippen LogP contribution in [-0.2, 0) is 6.54 Å². The van der Waals surface area contributed by atoms with Gasteiger partial charge in [0, 0.05) is 22.1 Å². The summed E-state index contributed by atoms with van der Waals surface area (Å²) in [5, 5.41) is 4.27. The Morgan fingerprint density at radius 3 is 2.67 bits per heavy atom. The van der Waals surface area contributed by atoms with E-state index in [1.165, 1.54) is 11.1 Å². The van der Waals surface area contributed by atoms with Crippen LogP contribution in [0.5, 0.6) is 0 Å². The number of benzene rings is 2. The Bertz CT molecular complexity index is 527. The van der Waals surface area contributed by atoms with Crippen molar-refractivity contribution >= 4 is 27.5 Å². The lowest BCUT2D eigenvalue weighted by molar-refractivity contribution is 0.574. The van der Waals surface area contributed by atoms with Gasteiger partial charge in [-0.15, -0.1) is 0 Å². The van der Waals surface area contributed by atoms with Gasteiger partial charge in [0.05, 0.1) is 0 Å². The summed E-state index contributed by atoms with van der Waals surface area (Å²) in [6.45, 7) is 2.97. The first-order chi connectivity index (χ1) is 8.65. The molecule has 0 aliphatic carbocycles. The van der Waals surface area contributed by atoms with E-state index in [1.54, 1.807) is 0 Å². The second kappa shape index (κ2) is 6.37. The fraction of sp³-hybridized carbons (Fsp3) is 0.200. The van der Waals surface area contributed by atoms with Crippen LogP contribution in [0, 0.1) is 0 Å². The minimum absolute atomic E-state index is 0.307. The molecular formula is C15H15BrClN. The van der Waals surface area contributed by atoms with Crippen LogP contribution in [0.25, 0.3) is 0 Å². The van der Waals surface area contributed by atoms with Crippen LogP contribution in [0.15, 0.2) is 53.0 Å². The van der Waals surface area contributed by atoms with Crippen molar-refractivity contribution in [3.05, 3.63) is 69.2 Å². The lowest BCUT2D eigenvalue weighted by Crippen LogP contribution is -2.17. The van der Waals surface area contributed by atoms with Gasteiger partial charge in [-0.2, -0.15) is 0 Å². The SMILES string of the molecule is C[C@H](NCc1cccc(Cl)c1)c1cccc(Br)c1. The summed E-state index contributed by atoms with van der Waals surface area (Å²) in [7, 11) is 0. The summed E-state index contributed by atoms with van der Waals surface area (Å²) in [5.41, 5.74) is 2.47. The smallest absolute Gasteiger partial charge is 0.0409 e. The van der Waals surface area contributed by atoms with Crippen molar-refractivity contribution in [1.29, 1.82) is 0 Å². The van der Waals surface area contributed by atoms with E-state index in [9.17, 15) is 0 Å². The Morgan fingerprint density at radius 1 is 1.17 bits per heavy atom. The van der Waals surface area contributed by atoms with Gasteiger partial charge in [-0.1, -0.05) is 51.8 Å². The highest BCUT2D eigenvalue weighted by Gasteiger charge is 2.05. The van der Waals surface area contributed by atoms with Crippen LogP contribution >= 0.6 is 27.5 Å². The molecule has 0 saturated carbocycles. The molecule has 0 radical (unpaired) electrons. The summed E-state index contributed by atoms with van der Waals surface area (Å²) in [5.74, 6) is 0. The van der Waals surface area contributed by atoms with Crippen LogP contribution in [0.4, 0.5) is 0 Å². The molecule has 0 fully saturated rings. The molecule has 1 N–H and O–H groups in total. The standard InChI is InChI=1S/C15H15BrClN/c1-11(13-5-3-6-14(16)9-13)18-10-12-4-2-7-15(17)8-12/h2-9,11,18H,10H2,1H3/t11-/m0/s1. The molecule has 0 saturated heterocycles. The Morgan fingerprint density at radius 2 is 1.94 bits per heavy atom. The molecule has 0 amide bonds. The van der Waals surface area contributed by atoms with E-state index in [1.807, 2.05) is 24.3 Å². The third kappa shape index (κ3) is 3.84. The van der Waals surface area contributed by atoms with Crippen molar-refractivity contribution in [1.82, 2.24) is 5.32 Å². The second-order valence-electron chi connectivity index (χ2n) is 4.29. The second-order valence-corrected chi connectivity index (χ2v) is 5.64. The van der Waals surface area contributed by atoms with E-state index < -0.39 is 0 Å². The average molecular weight is 325 g/mol. The van der Waals surface area contributed by atoms with Crippen molar-refractivity contribution in [2.24, 2.45) is 0 Å². The van der Waals surface area contributed by atoms with E-state index in [-0.39, 0.29) is 0 Å².